The fraction of sp³-hybridized carbons (Fsp3) is 0.304. The van der Waals surface area contributed by atoms with Crippen LogP contribution < -0.4 is 0 Å². The van der Waals surface area contributed by atoms with Crippen LogP contribution in [0.3, 0.4) is 0 Å². The molecule has 0 saturated heterocycles. The van der Waals surface area contributed by atoms with E-state index >= 15 is 0 Å². The van der Waals surface area contributed by atoms with Gasteiger partial charge in [-0.15, -0.1) is 0 Å². The predicted molar refractivity (Wildman–Crippen MR) is 203 cm³/mol. The van der Waals surface area contributed by atoms with Crippen LogP contribution in [0.5, 0.6) is 0 Å². The molecule has 50 heavy (non-hydrogen) atoms. The molecule has 6 aromatic rings. The van der Waals surface area contributed by atoms with Gasteiger partial charge in [0.1, 0.15) is 0 Å². The molecule has 2 fully saturated rings. The number of aromatic nitrogens is 3. The van der Waals surface area contributed by atoms with Crippen LogP contribution in [-0.4, -0.2) is 15.0 Å². The summed E-state index contributed by atoms with van der Waals surface area (Å²) in [5.74, 6) is 4.41. The maximum atomic E-state index is 9.71. The Morgan fingerprint density at radius 3 is 2.04 bits per heavy atom. The number of benzene rings is 5. The highest BCUT2D eigenvalue weighted by molar-refractivity contribution is 5.95. The summed E-state index contributed by atoms with van der Waals surface area (Å²) in [6.07, 6.45) is 6.62. The van der Waals surface area contributed by atoms with Gasteiger partial charge >= 0.3 is 0 Å². The van der Waals surface area contributed by atoms with Crippen molar-refractivity contribution in [2.45, 2.75) is 70.6 Å². The molecule has 0 N–H and O–H groups in total. The van der Waals surface area contributed by atoms with Crippen molar-refractivity contribution in [2.24, 2.45) is 17.8 Å². The van der Waals surface area contributed by atoms with E-state index in [1.165, 1.54) is 48.8 Å². The molecule has 2 bridgehead atoms. The van der Waals surface area contributed by atoms with Crippen molar-refractivity contribution < 1.29 is 0 Å². The van der Waals surface area contributed by atoms with Gasteiger partial charge in [-0.3, -0.25) is 0 Å². The van der Waals surface area contributed by atoms with Crippen LogP contribution in [0, 0.1) is 29.1 Å². The van der Waals surface area contributed by atoms with Gasteiger partial charge in [0, 0.05) is 22.1 Å². The first-order chi connectivity index (χ1) is 24.2. The summed E-state index contributed by atoms with van der Waals surface area (Å²) in [4.78, 5) is 15.7. The van der Waals surface area contributed by atoms with Crippen molar-refractivity contribution in [3.63, 3.8) is 0 Å². The summed E-state index contributed by atoms with van der Waals surface area (Å²) >= 11 is 0. The van der Waals surface area contributed by atoms with E-state index < -0.39 is 0 Å². The van der Waals surface area contributed by atoms with Gasteiger partial charge in [0.05, 0.1) is 11.6 Å². The third-order valence-corrected chi connectivity index (χ3v) is 12.1. The zero-order valence-corrected chi connectivity index (χ0v) is 29.4. The number of nitriles is 1. The third-order valence-electron chi connectivity index (χ3n) is 12.1. The van der Waals surface area contributed by atoms with E-state index in [2.05, 4.69) is 125 Å². The molecule has 1 aromatic heterocycles. The molecule has 4 heteroatoms. The van der Waals surface area contributed by atoms with Crippen molar-refractivity contribution >= 4 is 10.8 Å². The van der Waals surface area contributed by atoms with Gasteiger partial charge in [-0.1, -0.05) is 119 Å². The largest absolute Gasteiger partial charge is 0.208 e. The molecule has 0 amide bonds. The summed E-state index contributed by atoms with van der Waals surface area (Å²) in [5.41, 5.74) is 9.78. The zero-order chi connectivity index (χ0) is 34.2. The van der Waals surface area contributed by atoms with Crippen LogP contribution in [0.4, 0.5) is 0 Å². The molecule has 246 valence electrons. The second-order valence-electron chi connectivity index (χ2n) is 16.1. The Kier molecular flexibility index (Phi) is 7.08. The van der Waals surface area contributed by atoms with Crippen molar-refractivity contribution in [2.75, 3.05) is 0 Å². The Labute approximate surface area is 295 Å². The van der Waals surface area contributed by atoms with Crippen LogP contribution >= 0.6 is 0 Å². The molecular weight excluding hydrogens is 609 g/mol. The summed E-state index contributed by atoms with van der Waals surface area (Å²) < 4.78 is 0. The quantitative estimate of drug-likeness (QED) is 0.190. The zero-order valence-electron chi connectivity index (χ0n) is 29.4. The van der Waals surface area contributed by atoms with Gasteiger partial charge in [-0.05, 0) is 106 Å². The average Bonchev–Trinajstić information content (AvgIpc) is 3.36. The van der Waals surface area contributed by atoms with Crippen LogP contribution in [0.1, 0.15) is 82.1 Å². The lowest BCUT2D eigenvalue weighted by Crippen LogP contribution is -2.42. The average molecular weight is 651 g/mol. The number of hydrogen-bond acceptors (Lipinski definition) is 4. The number of fused-ring (bicyclic) bond motifs is 6. The Hall–Kier alpha value is -5.14. The lowest BCUT2D eigenvalue weighted by atomic mass is 9.54. The summed E-state index contributed by atoms with van der Waals surface area (Å²) in [7, 11) is 0. The molecule has 2 saturated carbocycles. The normalized spacial score (nSPS) is 23.2. The molecule has 0 spiro atoms. The number of hydrogen-bond donors (Lipinski definition) is 0. The van der Waals surface area contributed by atoms with Crippen LogP contribution in [-0.2, 0) is 10.8 Å². The minimum Gasteiger partial charge on any atom is -0.208 e. The molecule has 3 aliphatic rings. The highest BCUT2D eigenvalue weighted by atomic mass is 15.0. The minimum absolute atomic E-state index is 0.271. The van der Waals surface area contributed by atoms with Crippen molar-refractivity contribution in [3.05, 3.63) is 125 Å². The van der Waals surface area contributed by atoms with E-state index in [1.807, 2.05) is 12.1 Å². The molecule has 4 atom stereocenters. The van der Waals surface area contributed by atoms with Gasteiger partial charge < -0.3 is 0 Å². The first-order valence-corrected chi connectivity index (χ1v) is 18.3. The van der Waals surface area contributed by atoms with Crippen molar-refractivity contribution in [3.8, 4) is 51.4 Å². The van der Waals surface area contributed by atoms with E-state index in [9.17, 15) is 5.26 Å². The Morgan fingerprint density at radius 2 is 1.28 bits per heavy atom. The standard InChI is InChI=1S/C46H42N4/c1-28-21-31-22-29(2)25-46(24-28,26-31)34-18-16-33(17-19-34)42-48-43(37-13-7-10-32-9-5-6-11-35(32)37)50-44(49-42)38-14-8-12-36-39-23-30(27-47)15-20-40(39)45(3,4)41(36)38/h5-20,23,28-29,31H,21-22,24-26H2,1-4H3/t28-,29+,31-,46?. The fourth-order valence-corrected chi connectivity index (χ4v) is 10.3. The molecular formula is C46H42N4. The summed E-state index contributed by atoms with van der Waals surface area (Å²) in [6, 6.07) is 38.9. The third kappa shape index (κ3) is 4.90. The second kappa shape index (κ2) is 11.5. The van der Waals surface area contributed by atoms with E-state index in [0.29, 0.717) is 23.0 Å². The van der Waals surface area contributed by atoms with Gasteiger partial charge in [-0.2, -0.15) is 5.26 Å². The highest BCUT2D eigenvalue weighted by Gasteiger charge is 2.45. The smallest absolute Gasteiger partial charge is 0.164 e. The second-order valence-corrected chi connectivity index (χ2v) is 16.1. The SMILES string of the molecule is C[C@@H]1C[C@@H]2C[C@H](C)CC(c3ccc(-c4nc(-c5cccc6c5C(C)(C)c5ccc(C#N)cc5-6)nc(-c5cccc6ccccc56)n4)cc3)(C1)C2. The van der Waals surface area contributed by atoms with Crippen LogP contribution in [0.15, 0.2) is 103 Å². The maximum absolute atomic E-state index is 9.71. The Bertz CT molecular complexity index is 2320. The van der Waals surface area contributed by atoms with Crippen LogP contribution in [0.2, 0.25) is 0 Å². The first-order valence-electron chi connectivity index (χ1n) is 18.3. The topological polar surface area (TPSA) is 62.5 Å². The van der Waals surface area contributed by atoms with E-state index in [0.717, 1.165) is 56.3 Å². The summed E-state index contributed by atoms with van der Waals surface area (Å²) in [5, 5.41) is 12.0. The number of rotatable bonds is 4. The van der Waals surface area contributed by atoms with Gasteiger partial charge in [0.2, 0.25) is 0 Å². The monoisotopic (exact) mass is 650 g/mol. The van der Waals surface area contributed by atoms with E-state index in [-0.39, 0.29) is 10.8 Å². The molecule has 0 aliphatic heterocycles. The van der Waals surface area contributed by atoms with Gasteiger partial charge in [0.25, 0.3) is 0 Å². The minimum atomic E-state index is -0.297. The molecule has 5 aromatic carbocycles. The Morgan fingerprint density at radius 1 is 0.640 bits per heavy atom. The first kappa shape index (κ1) is 30.9. The van der Waals surface area contributed by atoms with Crippen LogP contribution in [0.25, 0.3) is 56.1 Å². The maximum Gasteiger partial charge on any atom is 0.164 e. The number of nitrogens with zero attached hydrogens (tertiary/aromatic N) is 4. The molecule has 0 radical (unpaired) electrons. The summed E-state index contributed by atoms with van der Waals surface area (Å²) in [6.45, 7) is 9.44. The highest BCUT2D eigenvalue weighted by Crippen LogP contribution is 2.55. The van der Waals surface area contributed by atoms with Gasteiger partial charge in [-0.25, -0.2) is 15.0 Å². The van der Waals surface area contributed by atoms with E-state index in [1.54, 1.807) is 0 Å². The molecule has 4 nitrogen and oxygen atoms in total. The van der Waals surface area contributed by atoms with Crippen molar-refractivity contribution in [1.82, 2.24) is 15.0 Å². The predicted octanol–water partition coefficient (Wildman–Crippen LogP) is 11.3. The van der Waals surface area contributed by atoms with Crippen molar-refractivity contribution in [1.29, 1.82) is 5.26 Å². The Balaban J connectivity index is 1.21. The lowest BCUT2D eigenvalue weighted by Gasteiger charge is -2.50. The molecule has 1 heterocycles. The van der Waals surface area contributed by atoms with Gasteiger partial charge in [0.15, 0.2) is 17.5 Å². The molecule has 1 unspecified atom stereocenters. The fourth-order valence-electron chi connectivity index (χ4n) is 10.3. The lowest BCUT2D eigenvalue weighted by molar-refractivity contribution is 0.0780. The molecule has 3 aliphatic carbocycles. The van der Waals surface area contributed by atoms with E-state index in [4.69, 9.17) is 15.0 Å². The molecule has 9 rings (SSSR count).